The average Bonchev–Trinajstić information content (AvgIpc) is 3.42. The molecule has 11 heteroatoms. The molecule has 0 radical (unpaired) electrons. The third-order valence-electron chi connectivity index (χ3n) is 4.55. The molecule has 1 aromatic carbocycles. The van der Waals surface area contributed by atoms with Gasteiger partial charge in [-0.3, -0.25) is 0 Å². The topological polar surface area (TPSA) is 104 Å². The summed E-state index contributed by atoms with van der Waals surface area (Å²) in [6.45, 7) is 1.83. The van der Waals surface area contributed by atoms with Crippen molar-refractivity contribution >= 4 is 28.8 Å². The molecule has 160 valence electrons. The van der Waals surface area contributed by atoms with Gasteiger partial charge in [-0.1, -0.05) is 0 Å². The number of hydrogen-bond acceptors (Lipinski definition) is 7. The van der Waals surface area contributed by atoms with Crippen LogP contribution in [0, 0.1) is 11.3 Å². The average molecular weight is 430 g/mol. The maximum Gasteiger partial charge on any atom is 0.416 e. The first kappa shape index (κ1) is 20.5. The lowest BCUT2D eigenvalue weighted by Crippen LogP contribution is -2.12. The number of ether oxygens (including phenoxy) is 1. The van der Waals surface area contributed by atoms with E-state index in [0.29, 0.717) is 11.3 Å². The summed E-state index contributed by atoms with van der Waals surface area (Å²) in [6.07, 6.45) is -1.33. The van der Waals surface area contributed by atoms with E-state index in [9.17, 15) is 18.0 Å². The number of carbonyl (C=O) groups is 1. The Kier molecular flexibility index (Phi) is 5.14. The molecule has 0 amide bonds. The molecular weight excluding hydrogens is 413 g/mol. The van der Waals surface area contributed by atoms with E-state index in [0.717, 1.165) is 25.0 Å². The minimum atomic E-state index is -4.61. The van der Waals surface area contributed by atoms with Crippen molar-refractivity contribution in [3.63, 3.8) is 0 Å². The number of halogens is 3. The zero-order chi connectivity index (χ0) is 22.2. The van der Waals surface area contributed by atoms with Gasteiger partial charge in [-0.15, -0.1) is 5.10 Å². The predicted octanol–water partition coefficient (Wildman–Crippen LogP) is 4.11. The highest BCUT2D eigenvalue weighted by Crippen LogP contribution is 2.33. The van der Waals surface area contributed by atoms with Crippen LogP contribution in [0.3, 0.4) is 0 Å². The maximum absolute atomic E-state index is 13.2. The zero-order valence-electron chi connectivity index (χ0n) is 16.3. The van der Waals surface area contributed by atoms with Gasteiger partial charge in [0, 0.05) is 17.8 Å². The number of nitriles is 1. The van der Waals surface area contributed by atoms with Gasteiger partial charge in [-0.25, -0.2) is 14.3 Å². The molecule has 4 rings (SSSR count). The summed E-state index contributed by atoms with van der Waals surface area (Å²) in [5, 5.41) is 19.5. The van der Waals surface area contributed by atoms with Crippen molar-refractivity contribution < 1.29 is 22.7 Å². The first-order chi connectivity index (χ1) is 14.8. The molecule has 1 fully saturated rings. The van der Waals surface area contributed by atoms with Crippen LogP contribution in [-0.4, -0.2) is 33.2 Å². The number of esters is 1. The second-order valence-corrected chi connectivity index (χ2v) is 6.99. The van der Waals surface area contributed by atoms with E-state index < -0.39 is 17.7 Å². The molecule has 0 atom stereocenters. The molecule has 2 heterocycles. The fraction of sp³-hybridized carbons (Fsp3) is 0.300. The number of rotatable bonds is 6. The maximum atomic E-state index is 13.2. The number of anilines is 3. The van der Waals surface area contributed by atoms with Crippen molar-refractivity contribution in [1.82, 2.24) is 14.6 Å². The summed E-state index contributed by atoms with van der Waals surface area (Å²) in [5.74, 6) is -0.453. The number of carbonyl (C=O) groups excluding carboxylic acids is 1. The van der Waals surface area contributed by atoms with E-state index in [1.54, 1.807) is 19.1 Å². The molecule has 0 unspecified atom stereocenters. The van der Waals surface area contributed by atoms with Gasteiger partial charge in [0.2, 0.25) is 0 Å². The molecule has 1 aliphatic carbocycles. The van der Waals surface area contributed by atoms with Gasteiger partial charge in [-0.05, 0) is 38.0 Å². The SMILES string of the molecule is CCOC(=O)c1cnc2c(NC3CC3)cc(Nc3cc(C#N)cc(C(F)(F)F)c3)nn12. The van der Waals surface area contributed by atoms with Gasteiger partial charge < -0.3 is 15.4 Å². The summed E-state index contributed by atoms with van der Waals surface area (Å²) in [7, 11) is 0. The van der Waals surface area contributed by atoms with Crippen LogP contribution in [0.5, 0.6) is 0 Å². The third-order valence-corrected chi connectivity index (χ3v) is 4.55. The van der Waals surface area contributed by atoms with Crippen molar-refractivity contribution in [3.8, 4) is 6.07 Å². The molecule has 2 N–H and O–H groups in total. The number of imidazole rings is 1. The van der Waals surface area contributed by atoms with Crippen LogP contribution in [0.2, 0.25) is 0 Å². The Hall–Kier alpha value is -3.81. The fourth-order valence-corrected chi connectivity index (χ4v) is 3.00. The van der Waals surface area contributed by atoms with E-state index in [-0.39, 0.29) is 35.4 Å². The summed E-state index contributed by atoms with van der Waals surface area (Å²) < 4.78 is 45.9. The highest BCUT2D eigenvalue weighted by atomic mass is 19.4. The molecule has 31 heavy (non-hydrogen) atoms. The number of benzene rings is 1. The number of aromatic nitrogens is 3. The fourth-order valence-electron chi connectivity index (χ4n) is 3.00. The molecule has 0 aliphatic heterocycles. The molecule has 8 nitrogen and oxygen atoms in total. The van der Waals surface area contributed by atoms with Crippen molar-refractivity contribution in [2.24, 2.45) is 0 Å². The molecule has 0 spiro atoms. The van der Waals surface area contributed by atoms with E-state index in [2.05, 4.69) is 20.7 Å². The Balaban J connectivity index is 1.77. The highest BCUT2D eigenvalue weighted by molar-refractivity contribution is 5.89. The molecule has 0 bridgehead atoms. The van der Waals surface area contributed by atoms with Crippen LogP contribution in [0.1, 0.15) is 41.4 Å². The Bertz CT molecular complexity index is 1190. The van der Waals surface area contributed by atoms with Crippen LogP contribution in [0.25, 0.3) is 5.65 Å². The summed E-state index contributed by atoms with van der Waals surface area (Å²) in [4.78, 5) is 16.5. The molecule has 1 aliphatic rings. The van der Waals surface area contributed by atoms with Crippen LogP contribution in [-0.2, 0) is 10.9 Å². The lowest BCUT2D eigenvalue weighted by Gasteiger charge is -2.13. The van der Waals surface area contributed by atoms with Gasteiger partial charge in [0.05, 0.1) is 35.7 Å². The minimum absolute atomic E-state index is 0.0356. The van der Waals surface area contributed by atoms with E-state index >= 15 is 0 Å². The van der Waals surface area contributed by atoms with Crippen molar-refractivity contribution in [3.05, 3.63) is 47.3 Å². The Morgan fingerprint density at radius 2 is 2.10 bits per heavy atom. The van der Waals surface area contributed by atoms with Gasteiger partial charge >= 0.3 is 12.1 Å². The van der Waals surface area contributed by atoms with Gasteiger partial charge in [0.15, 0.2) is 17.2 Å². The normalized spacial score (nSPS) is 13.6. The smallest absolute Gasteiger partial charge is 0.416 e. The molecule has 3 aromatic rings. The molecular formula is C20H17F3N6O2. The monoisotopic (exact) mass is 430 g/mol. The molecule has 2 aromatic heterocycles. The second kappa shape index (κ2) is 7.79. The van der Waals surface area contributed by atoms with Crippen molar-refractivity contribution in [2.75, 3.05) is 17.2 Å². The first-order valence-corrected chi connectivity index (χ1v) is 9.50. The van der Waals surface area contributed by atoms with Crippen LogP contribution in [0.4, 0.5) is 30.4 Å². The Labute approximate surface area is 174 Å². The molecule has 0 saturated heterocycles. The van der Waals surface area contributed by atoms with Crippen molar-refractivity contribution in [2.45, 2.75) is 32.0 Å². The number of nitrogens with zero attached hydrogens (tertiary/aromatic N) is 4. The lowest BCUT2D eigenvalue weighted by atomic mass is 10.1. The highest BCUT2D eigenvalue weighted by Gasteiger charge is 2.31. The predicted molar refractivity (Wildman–Crippen MR) is 105 cm³/mol. The summed E-state index contributed by atoms with van der Waals surface area (Å²) >= 11 is 0. The Morgan fingerprint density at radius 1 is 1.32 bits per heavy atom. The first-order valence-electron chi connectivity index (χ1n) is 9.50. The van der Waals surface area contributed by atoms with Gasteiger partial charge in [0.1, 0.15) is 0 Å². The van der Waals surface area contributed by atoms with Crippen LogP contribution >= 0.6 is 0 Å². The van der Waals surface area contributed by atoms with Gasteiger partial charge in [0.25, 0.3) is 0 Å². The summed E-state index contributed by atoms with van der Waals surface area (Å²) in [5.41, 5.74) is -0.0225. The van der Waals surface area contributed by atoms with E-state index in [1.807, 2.05) is 0 Å². The standard InChI is InChI=1S/C20H17F3N6O2/c1-2-31-19(30)16-10-25-18-15(26-13-3-4-13)8-17(28-29(16)18)27-14-6-11(9-24)5-12(7-14)20(21,22)23/h5-8,10,13,26H,2-4H2,1H3,(H,27,28). The third kappa shape index (κ3) is 4.37. The largest absolute Gasteiger partial charge is 0.461 e. The van der Waals surface area contributed by atoms with Crippen LogP contribution in [0.15, 0.2) is 30.5 Å². The molecule has 1 saturated carbocycles. The minimum Gasteiger partial charge on any atom is -0.461 e. The number of fused-ring (bicyclic) bond motifs is 1. The van der Waals surface area contributed by atoms with Crippen molar-refractivity contribution in [1.29, 1.82) is 5.26 Å². The van der Waals surface area contributed by atoms with E-state index in [4.69, 9.17) is 10.00 Å². The quantitative estimate of drug-likeness (QED) is 0.567. The van der Waals surface area contributed by atoms with Gasteiger partial charge in [-0.2, -0.15) is 18.4 Å². The number of alkyl halides is 3. The summed E-state index contributed by atoms with van der Waals surface area (Å²) in [6, 6.07) is 6.53. The second-order valence-electron chi connectivity index (χ2n) is 6.99. The zero-order valence-corrected chi connectivity index (χ0v) is 16.3. The Morgan fingerprint density at radius 3 is 2.74 bits per heavy atom. The van der Waals surface area contributed by atoms with Crippen LogP contribution < -0.4 is 10.6 Å². The number of nitrogens with one attached hydrogen (secondary N) is 2. The van der Waals surface area contributed by atoms with E-state index in [1.165, 1.54) is 16.8 Å². The lowest BCUT2D eigenvalue weighted by molar-refractivity contribution is -0.137. The number of hydrogen-bond donors (Lipinski definition) is 2.